The second-order valence-corrected chi connectivity index (χ2v) is 11.5. The van der Waals surface area contributed by atoms with Crippen LogP contribution in [0.15, 0.2) is 71.6 Å². The first-order valence-electron chi connectivity index (χ1n) is 13.4. The van der Waals surface area contributed by atoms with E-state index in [1.807, 2.05) is 18.2 Å². The molecule has 216 valence electrons. The molecule has 0 aromatic heterocycles. The Labute approximate surface area is 235 Å². The molecular formula is C30H37F2N3O4S. The Bertz CT molecular complexity index is 1360. The van der Waals surface area contributed by atoms with Crippen LogP contribution in [-0.2, 0) is 29.4 Å². The number of hydrogen-bond acceptors (Lipinski definition) is 5. The summed E-state index contributed by atoms with van der Waals surface area (Å²) >= 11 is 0. The van der Waals surface area contributed by atoms with E-state index in [0.29, 0.717) is 19.6 Å². The molecule has 10 heteroatoms. The van der Waals surface area contributed by atoms with Crippen molar-refractivity contribution in [2.75, 3.05) is 19.6 Å². The molecule has 0 aliphatic heterocycles. The van der Waals surface area contributed by atoms with Crippen molar-refractivity contribution in [3.63, 3.8) is 0 Å². The number of nitrogens with one attached hydrogen (secondary N) is 2. The van der Waals surface area contributed by atoms with E-state index in [4.69, 9.17) is 0 Å². The molecule has 3 N–H and O–H groups in total. The van der Waals surface area contributed by atoms with Crippen LogP contribution >= 0.6 is 0 Å². The molecule has 1 amide bonds. The quantitative estimate of drug-likeness (QED) is 0.270. The smallest absolute Gasteiger partial charge is 0.251 e. The van der Waals surface area contributed by atoms with Gasteiger partial charge in [0.05, 0.1) is 17.0 Å². The lowest BCUT2D eigenvalue weighted by molar-refractivity contribution is 0.0829. The molecule has 7 nitrogen and oxygen atoms in total. The minimum atomic E-state index is -3.68. The topological polar surface area (TPSA) is 98.7 Å². The molecule has 0 bridgehead atoms. The summed E-state index contributed by atoms with van der Waals surface area (Å²) in [6, 6.07) is 15.7. The third-order valence-electron chi connectivity index (χ3n) is 6.70. The average Bonchev–Trinajstić information content (AvgIpc) is 2.92. The van der Waals surface area contributed by atoms with E-state index >= 15 is 0 Å². The standard InChI is InChI=1S/C30H37F2N3O4S/c1-4-21-8-7-9-22(14-21)19-33-20-29(36)28(17-23-15-25(31)18-26(32)16-23)34-30(37)24-10-12-27(13-11-24)40(38,39)35(5-2)6-3/h7-16,18,28-29,33,36H,4-6,17,19-20H2,1-3H3,(H,34,37)/t28-,29+/m0/s1. The number of aryl methyl sites for hydroxylation is 1. The predicted molar refractivity (Wildman–Crippen MR) is 151 cm³/mol. The van der Waals surface area contributed by atoms with E-state index < -0.39 is 39.7 Å². The molecule has 0 aliphatic carbocycles. The Balaban J connectivity index is 1.75. The minimum Gasteiger partial charge on any atom is -0.390 e. The fraction of sp³-hybridized carbons (Fsp3) is 0.367. The Hall–Kier alpha value is -3.18. The lowest BCUT2D eigenvalue weighted by atomic mass is 10.00. The second-order valence-electron chi connectivity index (χ2n) is 9.55. The van der Waals surface area contributed by atoms with E-state index in [1.54, 1.807) is 13.8 Å². The first kappa shape index (κ1) is 31.3. The number of sulfonamides is 1. The zero-order valence-corrected chi connectivity index (χ0v) is 23.8. The van der Waals surface area contributed by atoms with Gasteiger partial charge in [0.2, 0.25) is 10.0 Å². The number of amides is 1. The number of aliphatic hydroxyl groups excluding tert-OH is 1. The lowest BCUT2D eigenvalue weighted by Crippen LogP contribution is -2.48. The molecular weight excluding hydrogens is 536 g/mol. The fourth-order valence-corrected chi connectivity index (χ4v) is 5.93. The van der Waals surface area contributed by atoms with E-state index in [1.165, 1.54) is 34.1 Å². The fourth-order valence-electron chi connectivity index (χ4n) is 4.47. The molecule has 0 aliphatic rings. The maximum atomic E-state index is 13.8. The average molecular weight is 574 g/mol. The van der Waals surface area contributed by atoms with Gasteiger partial charge < -0.3 is 15.7 Å². The Kier molecular flexibility index (Phi) is 11.3. The number of carbonyl (C=O) groups excluding carboxylic acids is 1. The largest absolute Gasteiger partial charge is 0.390 e. The predicted octanol–water partition coefficient (Wildman–Crippen LogP) is 4.05. The SMILES string of the molecule is CCc1cccc(CNC[C@@H](O)[C@H](Cc2cc(F)cc(F)c2)NC(=O)c2ccc(S(=O)(=O)N(CC)CC)cc2)c1. The van der Waals surface area contributed by atoms with Crippen molar-refractivity contribution in [3.8, 4) is 0 Å². The first-order chi connectivity index (χ1) is 19.1. The van der Waals surface area contributed by atoms with Gasteiger partial charge in [-0.3, -0.25) is 4.79 Å². The van der Waals surface area contributed by atoms with E-state index in [2.05, 4.69) is 23.6 Å². The summed E-state index contributed by atoms with van der Waals surface area (Å²) in [5, 5.41) is 16.9. The van der Waals surface area contributed by atoms with Gasteiger partial charge in [-0.15, -0.1) is 0 Å². The molecule has 0 saturated carbocycles. The van der Waals surface area contributed by atoms with E-state index in [0.717, 1.165) is 30.2 Å². The summed E-state index contributed by atoms with van der Waals surface area (Å²) in [5.41, 5.74) is 2.69. The molecule has 0 heterocycles. The Morgan fingerprint density at radius 2 is 1.52 bits per heavy atom. The number of rotatable bonds is 14. The molecule has 3 rings (SSSR count). The Morgan fingerprint density at radius 1 is 0.900 bits per heavy atom. The highest BCUT2D eigenvalue weighted by Gasteiger charge is 2.25. The van der Waals surface area contributed by atoms with Gasteiger partial charge >= 0.3 is 0 Å². The lowest BCUT2D eigenvalue weighted by Gasteiger charge is -2.25. The van der Waals surface area contributed by atoms with Gasteiger partial charge in [0, 0.05) is 37.8 Å². The van der Waals surface area contributed by atoms with Crippen LogP contribution in [0.25, 0.3) is 0 Å². The van der Waals surface area contributed by atoms with E-state index in [-0.39, 0.29) is 29.0 Å². The van der Waals surface area contributed by atoms with Gasteiger partial charge in [0.15, 0.2) is 0 Å². The van der Waals surface area contributed by atoms with Crippen LogP contribution < -0.4 is 10.6 Å². The van der Waals surface area contributed by atoms with Crippen molar-refractivity contribution in [2.45, 2.75) is 57.2 Å². The van der Waals surface area contributed by atoms with Crippen LogP contribution in [0.2, 0.25) is 0 Å². The number of benzene rings is 3. The van der Waals surface area contributed by atoms with Crippen molar-refractivity contribution in [1.29, 1.82) is 0 Å². The summed E-state index contributed by atoms with van der Waals surface area (Å²) < 4.78 is 54.5. The maximum Gasteiger partial charge on any atom is 0.251 e. The molecule has 0 unspecified atom stereocenters. The Morgan fingerprint density at radius 3 is 2.12 bits per heavy atom. The van der Waals surface area contributed by atoms with Crippen molar-refractivity contribution < 1.29 is 27.1 Å². The molecule has 2 atom stereocenters. The zero-order valence-electron chi connectivity index (χ0n) is 23.0. The van der Waals surface area contributed by atoms with Crippen LogP contribution in [0.5, 0.6) is 0 Å². The first-order valence-corrected chi connectivity index (χ1v) is 14.8. The summed E-state index contributed by atoms with van der Waals surface area (Å²) in [7, 11) is -3.68. The van der Waals surface area contributed by atoms with Crippen LogP contribution in [0.3, 0.4) is 0 Å². The van der Waals surface area contributed by atoms with Crippen molar-refractivity contribution >= 4 is 15.9 Å². The minimum absolute atomic E-state index is 0.0248. The van der Waals surface area contributed by atoms with Crippen LogP contribution in [0.4, 0.5) is 8.78 Å². The van der Waals surface area contributed by atoms with Gasteiger partial charge in [-0.2, -0.15) is 4.31 Å². The van der Waals surface area contributed by atoms with Crippen molar-refractivity contribution in [1.82, 2.24) is 14.9 Å². The molecule has 3 aromatic rings. The summed E-state index contributed by atoms with van der Waals surface area (Å²) in [6.07, 6.45) is -0.216. The van der Waals surface area contributed by atoms with Gasteiger partial charge in [0.1, 0.15) is 11.6 Å². The number of aliphatic hydroxyl groups is 1. The van der Waals surface area contributed by atoms with Gasteiger partial charge in [-0.05, 0) is 65.9 Å². The normalized spacial score (nSPS) is 13.3. The van der Waals surface area contributed by atoms with Crippen LogP contribution in [0.1, 0.15) is 47.8 Å². The highest BCUT2D eigenvalue weighted by atomic mass is 32.2. The molecule has 3 aromatic carbocycles. The van der Waals surface area contributed by atoms with Crippen LogP contribution in [0, 0.1) is 11.6 Å². The number of nitrogens with zero attached hydrogens (tertiary/aromatic N) is 1. The number of hydrogen-bond donors (Lipinski definition) is 3. The van der Waals surface area contributed by atoms with E-state index in [9.17, 15) is 27.1 Å². The number of carbonyl (C=O) groups is 1. The highest BCUT2D eigenvalue weighted by Crippen LogP contribution is 2.17. The summed E-state index contributed by atoms with van der Waals surface area (Å²) in [4.78, 5) is 13.2. The highest BCUT2D eigenvalue weighted by molar-refractivity contribution is 7.89. The zero-order chi connectivity index (χ0) is 29.3. The molecule has 0 radical (unpaired) electrons. The van der Waals surface area contributed by atoms with Gasteiger partial charge in [-0.25, -0.2) is 17.2 Å². The molecule has 0 fully saturated rings. The van der Waals surface area contributed by atoms with Crippen molar-refractivity contribution in [3.05, 3.63) is 101 Å². The van der Waals surface area contributed by atoms with Gasteiger partial charge in [0.25, 0.3) is 5.91 Å². The maximum absolute atomic E-state index is 13.8. The monoisotopic (exact) mass is 573 g/mol. The molecule has 40 heavy (non-hydrogen) atoms. The molecule has 0 saturated heterocycles. The second kappa shape index (κ2) is 14.5. The van der Waals surface area contributed by atoms with Gasteiger partial charge in [-0.1, -0.05) is 45.0 Å². The third kappa shape index (κ3) is 8.41. The van der Waals surface area contributed by atoms with Crippen LogP contribution in [-0.4, -0.2) is 55.5 Å². The molecule has 0 spiro atoms. The summed E-state index contributed by atoms with van der Waals surface area (Å²) in [5.74, 6) is -2.06. The third-order valence-corrected chi connectivity index (χ3v) is 8.76. The van der Waals surface area contributed by atoms with Crippen molar-refractivity contribution in [2.24, 2.45) is 0 Å². The number of halogens is 2. The summed E-state index contributed by atoms with van der Waals surface area (Å²) in [6.45, 7) is 6.80.